The predicted octanol–water partition coefficient (Wildman–Crippen LogP) is 4.07. The van der Waals surface area contributed by atoms with Crippen molar-refractivity contribution in [3.8, 4) is 11.3 Å². The number of carbonyl (C=O) groups is 2. The number of nitrogens with zero attached hydrogens (tertiary/aromatic N) is 1. The summed E-state index contributed by atoms with van der Waals surface area (Å²) in [6.45, 7) is 1.93. The third-order valence-electron chi connectivity index (χ3n) is 3.47. The van der Waals surface area contributed by atoms with Gasteiger partial charge in [0.1, 0.15) is 0 Å². The van der Waals surface area contributed by atoms with Crippen LogP contribution in [0.4, 0.5) is 5.13 Å². The monoisotopic (exact) mass is 338 g/mol. The number of hydrogen-bond donors (Lipinski definition) is 2. The molecule has 0 spiro atoms. The fourth-order valence-corrected chi connectivity index (χ4v) is 3.18. The van der Waals surface area contributed by atoms with E-state index in [4.69, 9.17) is 0 Å². The predicted molar refractivity (Wildman–Crippen MR) is 93.6 cm³/mol. The Morgan fingerprint density at radius 3 is 2.29 bits per heavy atom. The fourth-order valence-electron chi connectivity index (χ4n) is 2.35. The van der Waals surface area contributed by atoms with E-state index in [-0.39, 0.29) is 11.1 Å². The van der Waals surface area contributed by atoms with Crippen molar-refractivity contribution in [1.82, 2.24) is 4.98 Å². The minimum absolute atomic E-state index is 0.0356. The fraction of sp³-hybridized carbons (Fsp3) is 0.0556. The Labute approximate surface area is 142 Å². The molecule has 2 N–H and O–H groups in total. The number of rotatable bonds is 4. The van der Waals surface area contributed by atoms with Gasteiger partial charge in [0, 0.05) is 10.4 Å². The molecule has 0 aliphatic rings. The van der Waals surface area contributed by atoms with E-state index >= 15 is 0 Å². The van der Waals surface area contributed by atoms with Crippen LogP contribution in [0.5, 0.6) is 0 Å². The third kappa shape index (κ3) is 3.18. The molecule has 0 atom stereocenters. The standard InChI is InChI=1S/C18H14N2O3S/c1-11-15(12-7-3-2-4-8-12)19-18(24-11)20-16(21)13-9-5-6-10-14(13)17(22)23/h2-10H,1H3,(H,22,23)(H,19,20,21). The van der Waals surface area contributed by atoms with E-state index in [1.54, 1.807) is 12.1 Å². The van der Waals surface area contributed by atoms with Crippen molar-refractivity contribution in [3.63, 3.8) is 0 Å². The van der Waals surface area contributed by atoms with E-state index in [1.165, 1.54) is 23.5 Å². The number of carboxylic acid groups (broad SMARTS) is 1. The van der Waals surface area contributed by atoms with Gasteiger partial charge < -0.3 is 5.11 Å². The van der Waals surface area contributed by atoms with Gasteiger partial charge in [0.25, 0.3) is 5.91 Å². The van der Waals surface area contributed by atoms with Gasteiger partial charge in [-0.2, -0.15) is 0 Å². The Bertz CT molecular complexity index is 904. The van der Waals surface area contributed by atoms with Crippen LogP contribution in [0.3, 0.4) is 0 Å². The number of amides is 1. The summed E-state index contributed by atoms with van der Waals surface area (Å²) in [5.74, 6) is -1.62. The van der Waals surface area contributed by atoms with E-state index in [0.29, 0.717) is 5.13 Å². The van der Waals surface area contributed by atoms with Gasteiger partial charge in [-0.25, -0.2) is 9.78 Å². The Morgan fingerprint density at radius 1 is 1.00 bits per heavy atom. The minimum Gasteiger partial charge on any atom is -0.478 e. The highest BCUT2D eigenvalue weighted by Gasteiger charge is 2.18. The quantitative estimate of drug-likeness (QED) is 0.751. The third-order valence-corrected chi connectivity index (χ3v) is 4.35. The molecule has 0 radical (unpaired) electrons. The number of aromatic carboxylic acids is 1. The minimum atomic E-state index is -1.14. The van der Waals surface area contributed by atoms with Gasteiger partial charge >= 0.3 is 5.97 Å². The molecule has 6 heteroatoms. The second-order valence-corrected chi connectivity index (χ2v) is 6.30. The highest BCUT2D eigenvalue weighted by molar-refractivity contribution is 7.16. The number of aryl methyl sites for hydroxylation is 1. The van der Waals surface area contributed by atoms with Gasteiger partial charge in [-0.15, -0.1) is 11.3 Å². The van der Waals surface area contributed by atoms with E-state index < -0.39 is 11.9 Å². The molecule has 0 saturated heterocycles. The van der Waals surface area contributed by atoms with Crippen molar-refractivity contribution in [3.05, 3.63) is 70.6 Å². The smallest absolute Gasteiger partial charge is 0.336 e. The summed E-state index contributed by atoms with van der Waals surface area (Å²) >= 11 is 1.36. The van der Waals surface area contributed by atoms with Crippen LogP contribution in [0.2, 0.25) is 0 Å². The molecule has 0 fully saturated rings. The van der Waals surface area contributed by atoms with E-state index in [9.17, 15) is 14.7 Å². The number of thiazole rings is 1. The molecule has 1 heterocycles. The van der Waals surface area contributed by atoms with E-state index in [0.717, 1.165) is 16.1 Å². The molecule has 24 heavy (non-hydrogen) atoms. The molecule has 0 aliphatic heterocycles. The van der Waals surface area contributed by atoms with Crippen LogP contribution in [0.25, 0.3) is 11.3 Å². The van der Waals surface area contributed by atoms with Gasteiger partial charge in [-0.1, -0.05) is 42.5 Å². The van der Waals surface area contributed by atoms with Crippen LogP contribution in [0.15, 0.2) is 54.6 Å². The highest BCUT2D eigenvalue weighted by atomic mass is 32.1. The molecular formula is C18H14N2O3S. The normalized spacial score (nSPS) is 10.4. The Balaban J connectivity index is 1.88. The van der Waals surface area contributed by atoms with Crippen molar-refractivity contribution in [1.29, 1.82) is 0 Å². The Morgan fingerprint density at radius 2 is 1.62 bits per heavy atom. The van der Waals surface area contributed by atoms with Crippen LogP contribution in [-0.4, -0.2) is 22.0 Å². The first kappa shape index (κ1) is 15.9. The van der Waals surface area contributed by atoms with Crippen LogP contribution in [-0.2, 0) is 0 Å². The molecule has 1 aromatic heterocycles. The molecular weight excluding hydrogens is 324 g/mol. The Kier molecular flexibility index (Phi) is 4.39. The lowest BCUT2D eigenvalue weighted by Gasteiger charge is -2.05. The zero-order chi connectivity index (χ0) is 17.1. The molecule has 0 aliphatic carbocycles. The molecule has 120 valence electrons. The summed E-state index contributed by atoms with van der Waals surface area (Å²) in [5.41, 5.74) is 1.85. The van der Waals surface area contributed by atoms with Crippen LogP contribution >= 0.6 is 11.3 Å². The number of carbonyl (C=O) groups excluding carboxylic acids is 1. The average Bonchev–Trinajstić information content (AvgIpc) is 2.96. The summed E-state index contributed by atoms with van der Waals surface area (Å²) < 4.78 is 0. The van der Waals surface area contributed by atoms with Gasteiger partial charge in [0.05, 0.1) is 16.8 Å². The molecule has 1 amide bonds. The summed E-state index contributed by atoms with van der Waals surface area (Å²) in [4.78, 5) is 29.1. The number of carboxylic acids is 1. The molecule has 2 aromatic carbocycles. The Hall–Kier alpha value is -2.99. The molecule has 0 saturated carbocycles. The number of anilines is 1. The topological polar surface area (TPSA) is 79.3 Å². The molecule has 5 nitrogen and oxygen atoms in total. The average molecular weight is 338 g/mol. The van der Waals surface area contributed by atoms with Crippen LogP contribution in [0, 0.1) is 6.92 Å². The van der Waals surface area contributed by atoms with Crippen molar-refractivity contribution >= 4 is 28.3 Å². The number of benzene rings is 2. The highest BCUT2D eigenvalue weighted by Crippen LogP contribution is 2.30. The lowest BCUT2D eigenvalue weighted by atomic mass is 10.1. The first-order valence-electron chi connectivity index (χ1n) is 7.23. The van der Waals surface area contributed by atoms with Gasteiger partial charge in [-0.05, 0) is 19.1 Å². The molecule has 3 rings (SSSR count). The lowest BCUT2D eigenvalue weighted by Crippen LogP contribution is -2.16. The van der Waals surface area contributed by atoms with E-state index in [2.05, 4.69) is 10.3 Å². The second kappa shape index (κ2) is 6.64. The molecule has 3 aromatic rings. The zero-order valence-corrected chi connectivity index (χ0v) is 13.6. The summed E-state index contributed by atoms with van der Waals surface area (Å²) in [5, 5.41) is 12.3. The largest absolute Gasteiger partial charge is 0.478 e. The van der Waals surface area contributed by atoms with E-state index in [1.807, 2.05) is 37.3 Å². The van der Waals surface area contributed by atoms with Crippen molar-refractivity contribution in [2.24, 2.45) is 0 Å². The summed E-state index contributed by atoms with van der Waals surface area (Å²) in [7, 11) is 0. The van der Waals surface area contributed by atoms with Crippen molar-refractivity contribution in [2.75, 3.05) is 5.32 Å². The lowest BCUT2D eigenvalue weighted by molar-refractivity contribution is 0.0692. The van der Waals surface area contributed by atoms with Crippen molar-refractivity contribution in [2.45, 2.75) is 6.92 Å². The molecule has 0 bridgehead atoms. The maximum Gasteiger partial charge on any atom is 0.336 e. The van der Waals surface area contributed by atoms with Crippen molar-refractivity contribution < 1.29 is 14.7 Å². The van der Waals surface area contributed by atoms with Gasteiger partial charge in [0.15, 0.2) is 5.13 Å². The van der Waals surface area contributed by atoms with Crippen LogP contribution in [0.1, 0.15) is 25.6 Å². The second-order valence-electron chi connectivity index (χ2n) is 5.09. The maximum atomic E-state index is 12.4. The summed E-state index contributed by atoms with van der Waals surface area (Å²) in [6.07, 6.45) is 0. The first-order valence-corrected chi connectivity index (χ1v) is 8.04. The van der Waals surface area contributed by atoms with Gasteiger partial charge in [0.2, 0.25) is 0 Å². The number of nitrogens with one attached hydrogen (secondary N) is 1. The molecule has 0 unspecified atom stereocenters. The summed E-state index contributed by atoms with van der Waals surface area (Å²) in [6, 6.07) is 15.8. The van der Waals surface area contributed by atoms with Gasteiger partial charge in [-0.3, -0.25) is 10.1 Å². The van der Waals surface area contributed by atoms with Crippen LogP contribution < -0.4 is 5.32 Å². The SMILES string of the molecule is Cc1sc(NC(=O)c2ccccc2C(=O)O)nc1-c1ccccc1. The first-order chi connectivity index (χ1) is 11.6. The zero-order valence-electron chi connectivity index (χ0n) is 12.8. The maximum absolute atomic E-state index is 12.4. The number of hydrogen-bond acceptors (Lipinski definition) is 4. The number of aromatic nitrogens is 1.